The van der Waals surface area contributed by atoms with Gasteiger partial charge in [-0.15, -0.1) is 0 Å². The van der Waals surface area contributed by atoms with Gasteiger partial charge in [0.1, 0.15) is 6.10 Å². The molecule has 0 atom stereocenters. The highest BCUT2D eigenvalue weighted by Gasteiger charge is 2.25. The number of ether oxygens (including phenoxy) is 1. The third-order valence-corrected chi connectivity index (χ3v) is 5.71. The quantitative estimate of drug-likeness (QED) is 0.769. The number of carbonyl (C=O) groups is 1. The number of hydrogen-bond acceptors (Lipinski definition) is 6. The van der Waals surface area contributed by atoms with Crippen molar-refractivity contribution < 1.29 is 17.9 Å². The predicted octanol–water partition coefficient (Wildman–Crippen LogP) is 1.56. The van der Waals surface area contributed by atoms with Crippen LogP contribution in [0.25, 0.3) is 0 Å². The highest BCUT2D eigenvalue weighted by molar-refractivity contribution is 7.92. The monoisotopic (exact) mass is 390 g/mol. The van der Waals surface area contributed by atoms with Gasteiger partial charge in [0.25, 0.3) is 5.91 Å². The van der Waals surface area contributed by atoms with Gasteiger partial charge in [-0.25, -0.2) is 13.4 Å². The van der Waals surface area contributed by atoms with E-state index in [1.807, 2.05) is 0 Å². The van der Waals surface area contributed by atoms with E-state index in [1.165, 1.54) is 13.2 Å². The molecule has 3 rings (SSSR count). The summed E-state index contributed by atoms with van der Waals surface area (Å²) >= 11 is 0. The van der Waals surface area contributed by atoms with E-state index in [9.17, 15) is 13.2 Å². The Bertz CT molecular complexity index is 879. The standard InChI is InChI=1S/C18H22N4O4S/c1-21(27(2,24)25)15-5-6-17(20-13-15)26-16-7-10-22(11-8-16)18(23)14-4-3-9-19-12-14/h3-6,9,12-13,16H,7-8,10-11H2,1-2H3. The van der Waals surface area contributed by atoms with Crippen LogP contribution in [-0.4, -0.2) is 61.7 Å². The maximum Gasteiger partial charge on any atom is 0.255 e. The van der Waals surface area contributed by atoms with Crippen molar-refractivity contribution in [1.82, 2.24) is 14.9 Å². The summed E-state index contributed by atoms with van der Waals surface area (Å²) in [5, 5.41) is 0. The predicted molar refractivity (Wildman–Crippen MR) is 101 cm³/mol. The lowest BCUT2D eigenvalue weighted by Crippen LogP contribution is -2.41. The summed E-state index contributed by atoms with van der Waals surface area (Å²) in [6.07, 6.45) is 7.20. The van der Waals surface area contributed by atoms with E-state index in [-0.39, 0.29) is 12.0 Å². The number of nitrogens with zero attached hydrogens (tertiary/aromatic N) is 4. The fourth-order valence-corrected chi connectivity index (χ4v) is 3.33. The number of carbonyl (C=O) groups excluding carboxylic acids is 1. The molecule has 9 heteroatoms. The number of aromatic nitrogens is 2. The van der Waals surface area contributed by atoms with Gasteiger partial charge in [0.15, 0.2) is 0 Å². The minimum Gasteiger partial charge on any atom is -0.474 e. The maximum absolute atomic E-state index is 12.4. The Hall–Kier alpha value is -2.68. The van der Waals surface area contributed by atoms with Gasteiger partial charge in [-0.05, 0) is 18.2 Å². The van der Waals surface area contributed by atoms with E-state index >= 15 is 0 Å². The van der Waals surface area contributed by atoms with E-state index < -0.39 is 10.0 Å². The molecule has 1 aliphatic heterocycles. The van der Waals surface area contributed by atoms with E-state index in [0.29, 0.717) is 43.1 Å². The molecule has 144 valence electrons. The van der Waals surface area contributed by atoms with Crippen molar-refractivity contribution in [3.8, 4) is 5.88 Å². The number of likely N-dealkylation sites (tertiary alicyclic amines) is 1. The second kappa shape index (κ2) is 7.91. The first-order chi connectivity index (χ1) is 12.8. The summed E-state index contributed by atoms with van der Waals surface area (Å²) in [4.78, 5) is 22.4. The van der Waals surface area contributed by atoms with Crippen molar-refractivity contribution in [3.63, 3.8) is 0 Å². The van der Waals surface area contributed by atoms with Crippen molar-refractivity contribution in [2.45, 2.75) is 18.9 Å². The van der Waals surface area contributed by atoms with Crippen LogP contribution >= 0.6 is 0 Å². The molecule has 1 aliphatic rings. The largest absolute Gasteiger partial charge is 0.474 e. The second-order valence-corrected chi connectivity index (χ2v) is 8.45. The van der Waals surface area contributed by atoms with Crippen molar-refractivity contribution in [3.05, 3.63) is 48.4 Å². The normalized spacial score (nSPS) is 15.4. The van der Waals surface area contributed by atoms with Crippen LogP contribution in [0.4, 0.5) is 5.69 Å². The van der Waals surface area contributed by atoms with Crippen LogP contribution in [0.1, 0.15) is 23.2 Å². The van der Waals surface area contributed by atoms with Crippen molar-refractivity contribution >= 4 is 21.6 Å². The van der Waals surface area contributed by atoms with Gasteiger partial charge in [-0.3, -0.25) is 14.1 Å². The maximum atomic E-state index is 12.4. The first-order valence-corrected chi connectivity index (χ1v) is 10.5. The molecule has 1 saturated heterocycles. The molecule has 3 heterocycles. The first kappa shape index (κ1) is 19.1. The van der Waals surface area contributed by atoms with Gasteiger partial charge < -0.3 is 9.64 Å². The van der Waals surface area contributed by atoms with Crippen molar-refractivity contribution in [1.29, 1.82) is 0 Å². The van der Waals surface area contributed by atoms with Gasteiger partial charge in [0, 0.05) is 51.4 Å². The number of sulfonamides is 1. The van der Waals surface area contributed by atoms with Crippen LogP contribution in [-0.2, 0) is 10.0 Å². The second-order valence-electron chi connectivity index (χ2n) is 6.44. The fraction of sp³-hybridized carbons (Fsp3) is 0.389. The molecule has 1 fully saturated rings. The minimum absolute atomic E-state index is 0.0205. The third kappa shape index (κ3) is 4.73. The van der Waals surface area contributed by atoms with Crippen molar-refractivity contribution in [2.75, 3.05) is 30.7 Å². The number of piperidine rings is 1. The molecule has 2 aromatic rings. The molecule has 0 saturated carbocycles. The lowest BCUT2D eigenvalue weighted by molar-refractivity contribution is 0.0587. The Morgan fingerprint density at radius 3 is 2.52 bits per heavy atom. The molecule has 8 nitrogen and oxygen atoms in total. The molecule has 1 amide bonds. The minimum atomic E-state index is -3.32. The average molecular weight is 390 g/mol. The molecule has 0 radical (unpaired) electrons. The van der Waals surface area contributed by atoms with E-state index in [4.69, 9.17) is 4.74 Å². The molecule has 0 aliphatic carbocycles. The summed E-state index contributed by atoms with van der Waals surface area (Å²) in [6, 6.07) is 6.82. The van der Waals surface area contributed by atoms with Gasteiger partial charge in [0.05, 0.1) is 23.7 Å². The molecule has 0 N–H and O–H groups in total. The Labute approximate surface area is 158 Å². The Morgan fingerprint density at radius 2 is 1.96 bits per heavy atom. The number of pyridine rings is 2. The van der Waals surface area contributed by atoms with Crippen LogP contribution in [0.5, 0.6) is 5.88 Å². The smallest absolute Gasteiger partial charge is 0.255 e. The summed E-state index contributed by atoms with van der Waals surface area (Å²) < 4.78 is 30.1. The number of anilines is 1. The molecular formula is C18H22N4O4S. The van der Waals surface area contributed by atoms with Crippen LogP contribution < -0.4 is 9.04 Å². The van der Waals surface area contributed by atoms with E-state index in [1.54, 1.807) is 41.6 Å². The van der Waals surface area contributed by atoms with Gasteiger partial charge in [-0.2, -0.15) is 0 Å². The molecule has 0 aromatic carbocycles. The Kier molecular flexibility index (Phi) is 5.59. The zero-order valence-electron chi connectivity index (χ0n) is 15.3. The first-order valence-electron chi connectivity index (χ1n) is 8.60. The average Bonchev–Trinajstić information content (AvgIpc) is 2.68. The number of hydrogen-bond donors (Lipinski definition) is 0. The van der Waals surface area contributed by atoms with Crippen LogP contribution in [0.2, 0.25) is 0 Å². The molecule has 2 aromatic heterocycles. The van der Waals surface area contributed by atoms with Crippen LogP contribution in [0.3, 0.4) is 0 Å². The SMILES string of the molecule is CN(c1ccc(OC2CCN(C(=O)c3cccnc3)CC2)nc1)S(C)(=O)=O. The summed E-state index contributed by atoms with van der Waals surface area (Å²) in [5.41, 5.74) is 1.06. The summed E-state index contributed by atoms with van der Waals surface area (Å²) in [7, 11) is -1.85. The van der Waals surface area contributed by atoms with E-state index in [0.717, 1.165) is 10.6 Å². The van der Waals surface area contributed by atoms with E-state index in [2.05, 4.69) is 9.97 Å². The molecule has 27 heavy (non-hydrogen) atoms. The molecule has 0 bridgehead atoms. The summed E-state index contributed by atoms with van der Waals surface area (Å²) in [6.45, 7) is 1.21. The molecule has 0 spiro atoms. The molecular weight excluding hydrogens is 368 g/mol. The number of rotatable bonds is 5. The molecule has 0 unspecified atom stereocenters. The topological polar surface area (TPSA) is 92.7 Å². The lowest BCUT2D eigenvalue weighted by Gasteiger charge is -2.32. The van der Waals surface area contributed by atoms with Gasteiger partial charge >= 0.3 is 0 Å². The van der Waals surface area contributed by atoms with Crippen molar-refractivity contribution in [2.24, 2.45) is 0 Å². The fourth-order valence-electron chi connectivity index (χ4n) is 2.84. The lowest BCUT2D eigenvalue weighted by atomic mass is 10.1. The van der Waals surface area contributed by atoms with Crippen LogP contribution in [0, 0.1) is 0 Å². The number of amides is 1. The zero-order valence-corrected chi connectivity index (χ0v) is 16.1. The Morgan fingerprint density at radius 1 is 1.22 bits per heavy atom. The highest BCUT2D eigenvalue weighted by Crippen LogP contribution is 2.21. The Balaban J connectivity index is 1.54. The van der Waals surface area contributed by atoms with Crippen LogP contribution in [0.15, 0.2) is 42.9 Å². The summed E-state index contributed by atoms with van der Waals surface area (Å²) in [5.74, 6) is 0.422. The van der Waals surface area contributed by atoms with Gasteiger partial charge in [-0.1, -0.05) is 0 Å². The third-order valence-electron chi connectivity index (χ3n) is 4.51. The highest BCUT2D eigenvalue weighted by atomic mass is 32.2. The van der Waals surface area contributed by atoms with Gasteiger partial charge in [0.2, 0.25) is 15.9 Å². The zero-order chi connectivity index (χ0) is 19.4.